The molecule has 0 aliphatic rings. The number of rotatable bonds is 6. The summed E-state index contributed by atoms with van der Waals surface area (Å²) >= 11 is 5.07. The largest absolute Gasteiger partial charge is 0.309 e. The molecule has 1 heterocycles. The summed E-state index contributed by atoms with van der Waals surface area (Å²) in [6, 6.07) is 12.0. The fourth-order valence-corrected chi connectivity index (χ4v) is 4.57. The molecule has 2 aromatic carbocycles. The van der Waals surface area contributed by atoms with E-state index in [2.05, 4.69) is 33.0 Å². The van der Waals surface area contributed by atoms with Crippen molar-refractivity contribution in [2.75, 3.05) is 32.1 Å². The SMILES string of the molecule is Cc1ccc(C(=O)N(CCCN(C)C)c2nc3ccc(Br)cc3s2)c(C)c1.Cl. The molecule has 1 aromatic heterocycles. The van der Waals surface area contributed by atoms with Crippen LogP contribution in [-0.2, 0) is 0 Å². The molecule has 0 fully saturated rings. The van der Waals surface area contributed by atoms with E-state index in [0.717, 1.165) is 49.5 Å². The molecular formula is C21H25BrClN3OS. The van der Waals surface area contributed by atoms with Crippen LogP contribution in [-0.4, -0.2) is 43.0 Å². The molecular weight excluding hydrogens is 458 g/mol. The standard InChI is InChI=1S/C21H24BrN3OS.ClH/c1-14-6-8-17(15(2)12-14)20(26)25(11-5-10-24(3)4)21-23-18-9-7-16(22)13-19(18)27-21;/h6-9,12-13H,5,10-11H2,1-4H3;1H. The van der Waals surface area contributed by atoms with Crippen LogP contribution < -0.4 is 4.90 Å². The van der Waals surface area contributed by atoms with Gasteiger partial charge in [-0.05, 0) is 70.7 Å². The minimum absolute atomic E-state index is 0. The summed E-state index contributed by atoms with van der Waals surface area (Å²) in [6.07, 6.45) is 0.892. The first-order valence-corrected chi connectivity index (χ1v) is 10.6. The van der Waals surface area contributed by atoms with E-state index in [-0.39, 0.29) is 18.3 Å². The molecule has 0 radical (unpaired) electrons. The van der Waals surface area contributed by atoms with Crippen molar-refractivity contribution in [2.24, 2.45) is 0 Å². The van der Waals surface area contributed by atoms with Gasteiger partial charge >= 0.3 is 0 Å². The summed E-state index contributed by atoms with van der Waals surface area (Å²) in [5, 5.41) is 0.756. The maximum absolute atomic E-state index is 13.4. The van der Waals surface area contributed by atoms with Crippen LogP contribution in [0.5, 0.6) is 0 Å². The lowest BCUT2D eigenvalue weighted by molar-refractivity contribution is 0.0985. The van der Waals surface area contributed by atoms with Crippen LogP contribution in [0.15, 0.2) is 40.9 Å². The number of thiazole rings is 1. The molecule has 7 heteroatoms. The number of carbonyl (C=O) groups is 1. The minimum Gasteiger partial charge on any atom is -0.309 e. The molecule has 0 aliphatic heterocycles. The van der Waals surface area contributed by atoms with Crippen molar-refractivity contribution in [3.63, 3.8) is 0 Å². The molecule has 0 bridgehead atoms. The summed E-state index contributed by atoms with van der Waals surface area (Å²) in [7, 11) is 4.09. The highest BCUT2D eigenvalue weighted by molar-refractivity contribution is 9.10. The van der Waals surface area contributed by atoms with Gasteiger partial charge in [-0.1, -0.05) is 45.0 Å². The average Bonchev–Trinajstić information content (AvgIpc) is 3.00. The topological polar surface area (TPSA) is 36.4 Å². The summed E-state index contributed by atoms with van der Waals surface area (Å²) in [6.45, 7) is 5.60. The van der Waals surface area contributed by atoms with Crippen LogP contribution in [0, 0.1) is 13.8 Å². The highest BCUT2D eigenvalue weighted by Crippen LogP contribution is 2.32. The number of aryl methyl sites for hydroxylation is 2. The van der Waals surface area contributed by atoms with Gasteiger partial charge in [-0.3, -0.25) is 9.69 Å². The third-order valence-corrected chi connectivity index (χ3v) is 5.95. The van der Waals surface area contributed by atoms with Gasteiger partial charge in [0.15, 0.2) is 5.13 Å². The van der Waals surface area contributed by atoms with Gasteiger partial charge in [0.2, 0.25) is 0 Å². The summed E-state index contributed by atoms with van der Waals surface area (Å²) < 4.78 is 2.09. The molecule has 0 atom stereocenters. The van der Waals surface area contributed by atoms with Gasteiger partial charge in [0.05, 0.1) is 10.2 Å². The number of benzene rings is 2. The monoisotopic (exact) mass is 481 g/mol. The molecule has 150 valence electrons. The Balaban J connectivity index is 0.00000280. The molecule has 0 saturated heterocycles. The van der Waals surface area contributed by atoms with Crippen molar-refractivity contribution in [2.45, 2.75) is 20.3 Å². The van der Waals surface area contributed by atoms with E-state index in [1.807, 2.05) is 57.1 Å². The molecule has 0 saturated carbocycles. The zero-order chi connectivity index (χ0) is 19.6. The first kappa shape index (κ1) is 22.8. The molecule has 28 heavy (non-hydrogen) atoms. The lowest BCUT2D eigenvalue weighted by atomic mass is 10.0. The van der Waals surface area contributed by atoms with E-state index < -0.39 is 0 Å². The summed E-state index contributed by atoms with van der Waals surface area (Å²) in [4.78, 5) is 22.1. The van der Waals surface area contributed by atoms with Gasteiger partial charge in [0, 0.05) is 16.6 Å². The number of fused-ring (bicyclic) bond motifs is 1. The molecule has 3 rings (SSSR count). The Hall–Kier alpha value is -1.47. The second-order valence-electron chi connectivity index (χ2n) is 7.04. The third kappa shape index (κ3) is 5.32. The Morgan fingerprint density at radius 3 is 2.54 bits per heavy atom. The maximum atomic E-state index is 13.4. The number of halogens is 2. The fraction of sp³-hybridized carbons (Fsp3) is 0.333. The Bertz CT molecular complexity index is 973. The number of hydrogen-bond acceptors (Lipinski definition) is 4. The van der Waals surface area contributed by atoms with Crippen LogP contribution in [0.4, 0.5) is 5.13 Å². The fourth-order valence-electron chi connectivity index (χ4n) is 3.03. The van der Waals surface area contributed by atoms with Crippen molar-refractivity contribution in [1.82, 2.24) is 9.88 Å². The highest BCUT2D eigenvalue weighted by atomic mass is 79.9. The second kappa shape index (κ2) is 9.83. The van der Waals surface area contributed by atoms with Gasteiger partial charge in [-0.25, -0.2) is 4.98 Å². The molecule has 0 aliphatic carbocycles. The third-order valence-electron chi connectivity index (χ3n) is 4.41. The zero-order valence-electron chi connectivity index (χ0n) is 16.5. The molecule has 3 aromatic rings. The van der Waals surface area contributed by atoms with Crippen LogP contribution in [0.3, 0.4) is 0 Å². The zero-order valence-corrected chi connectivity index (χ0v) is 19.7. The normalized spacial score (nSPS) is 10.9. The van der Waals surface area contributed by atoms with E-state index in [1.165, 1.54) is 0 Å². The predicted octanol–water partition coefficient (Wildman–Crippen LogP) is 5.70. The van der Waals surface area contributed by atoms with Crippen molar-refractivity contribution in [3.05, 3.63) is 57.6 Å². The maximum Gasteiger partial charge on any atom is 0.260 e. The van der Waals surface area contributed by atoms with E-state index in [1.54, 1.807) is 11.3 Å². The number of amides is 1. The number of anilines is 1. The van der Waals surface area contributed by atoms with Crippen molar-refractivity contribution in [1.29, 1.82) is 0 Å². The molecule has 0 spiro atoms. The Morgan fingerprint density at radius 1 is 1.11 bits per heavy atom. The quantitative estimate of drug-likeness (QED) is 0.452. The Labute approximate surface area is 185 Å². The Kier molecular flexibility index (Phi) is 8.01. The van der Waals surface area contributed by atoms with E-state index in [9.17, 15) is 4.79 Å². The summed E-state index contributed by atoms with van der Waals surface area (Å²) in [5.74, 6) is 0.0179. The molecule has 1 amide bonds. The molecule has 4 nitrogen and oxygen atoms in total. The van der Waals surface area contributed by atoms with Gasteiger partial charge in [-0.2, -0.15) is 0 Å². The number of nitrogens with zero attached hydrogens (tertiary/aromatic N) is 3. The number of hydrogen-bond donors (Lipinski definition) is 0. The van der Waals surface area contributed by atoms with Crippen LogP contribution in [0.1, 0.15) is 27.9 Å². The van der Waals surface area contributed by atoms with Gasteiger partial charge < -0.3 is 4.90 Å². The highest BCUT2D eigenvalue weighted by Gasteiger charge is 2.22. The van der Waals surface area contributed by atoms with Crippen molar-refractivity contribution < 1.29 is 4.79 Å². The number of aromatic nitrogens is 1. The van der Waals surface area contributed by atoms with Crippen LogP contribution in [0.2, 0.25) is 0 Å². The summed E-state index contributed by atoms with van der Waals surface area (Å²) in [5.41, 5.74) is 3.82. The lowest BCUT2D eigenvalue weighted by Crippen LogP contribution is -2.33. The van der Waals surface area contributed by atoms with E-state index >= 15 is 0 Å². The predicted molar refractivity (Wildman–Crippen MR) is 125 cm³/mol. The smallest absolute Gasteiger partial charge is 0.260 e. The number of carbonyl (C=O) groups excluding carboxylic acids is 1. The lowest BCUT2D eigenvalue weighted by Gasteiger charge is -2.22. The first-order chi connectivity index (χ1) is 12.8. The minimum atomic E-state index is 0. The molecule has 0 unspecified atom stereocenters. The van der Waals surface area contributed by atoms with Gasteiger partial charge in [0.25, 0.3) is 5.91 Å². The van der Waals surface area contributed by atoms with Crippen molar-refractivity contribution >= 4 is 60.9 Å². The molecule has 0 N–H and O–H groups in total. The Morgan fingerprint density at radius 2 is 1.86 bits per heavy atom. The van der Waals surface area contributed by atoms with Gasteiger partial charge in [-0.15, -0.1) is 12.4 Å². The van der Waals surface area contributed by atoms with Gasteiger partial charge in [0.1, 0.15) is 0 Å². The first-order valence-electron chi connectivity index (χ1n) is 8.95. The average molecular weight is 483 g/mol. The second-order valence-corrected chi connectivity index (χ2v) is 8.97. The van der Waals surface area contributed by atoms with Crippen LogP contribution in [0.25, 0.3) is 10.2 Å². The van der Waals surface area contributed by atoms with E-state index in [0.29, 0.717) is 6.54 Å². The van der Waals surface area contributed by atoms with Crippen molar-refractivity contribution in [3.8, 4) is 0 Å². The van der Waals surface area contributed by atoms with E-state index in [4.69, 9.17) is 4.98 Å². The van der Waals surface area contributed by atoms with Crippen LogP contribution >= 0.6 is 39.7 Å².